The Morgan fingerprint density at radius 2 is 1.96 bits per heavy atom. The average Bonchev–Trinajstić information content (AvgIpc) is 2.71. The van der Waals surface area contributed by atoms with Crippen molar-refractivity contribution in [1.29, 1.82) is 0 Å². The molecule has 0 radical (unpaired) electrons. The number of rotatable bonds is 5. The van der Waals surface area contributed by atoms with Gasteiger partial charge in [0, 0.05) is 44.6 Å². The van der Waals surface area contributed by atoms with Crippen LogP contribution in [0.25, 0.3) is 0 Å². The van der Waals surface area contributed by atoms with Crippen LogP contribution in [0.5, 0.6) is 0 Å². The number of hydrogen-bond acceptors (Lipinski definition) is 5. The molecule has 3 aliphatic rings. The van der Waals surface area contributed by atoms with E-state index in [9.17, 15) is 9.90 Å². The summed E-state index contributed by atoms with van der Waals surface area (Å²) >= 11 is 0. The zero-order chi connectivity index (χ0) is 18.9. The minimum Gasteiger partial charge on any atom is -0.392 e. The number of nitrogens with zero attached hydrogens (tertiary/aromatic N) is 2. The van der Waals surface area contributed by atoms with Crippen molar-refractivity contribution in [3.05, 3.63) is 35.4 Å². The number of piperidine rings is 1. The highest BCUT2D eigenvalue weighted by Gasteiger charge is 2.56. The maximum atomic E-state index is 12.8. The Bertz CT molecular complexity index is 672. The number of ether oxygens (including phenoxy) is 1. The molecule has 3 N–H and O–H groups in total. The summed E-state index contributed by atoms with van der Waals surface area (Å²) in [5.41, 5.74) is 8.12. The summed E-state index contributed by atoms with van der Waals surface area (Å²) < 4.78 is 5.84. The minimum absolute atomic E-state index is 0.0897. The third-order valence-corrected chi connectivity index (χ3v) is 6.79. The number of carbonyl (C=O) groups excluding carboxylic acids is 1. The van der Waals surface area contributed by atoms with Crippen molar-refractivity contribution in [1.82, 2.24) is 9.80 Å². The van der Waals surface area contributed by atoms with Gasteiger partial charge in [0.05, 0.1) is 25.4 Å². The molecule has 1 spiro atoms. The number of hydrogen-bond donors (Lipinski definition) is 2. The summed E-state index contributed by atoms with van der Waals surface area (Å²) in [5.74, 6) is 0.206. The molecular formula is C21H31N3O3. The molecule has 4 rings (SSSR count). The predicted molar refractivity (Wildman–Crippen MR) is 103 cm³/mol. The maximum Gasteiger partial charge on any atom is 0.236 e. The van der Waals surface area contributed by atoms with Gasteiger partial charge in [-0.3, -0.25) is 9.69 Å². The van der Waals surface area contributed by atoms with Crippen LogP contribution in [0.4, 0.5) is 0 Å². The topological polar surface area (TPSA) is 79.0 Å². The van der Waals surface area contributed by atoms with E-state index in [-0.39, 0.29) is 23.5 Å². The van der Waals surface area contributed by atoms with Crippen LogP contribution in [0.1, 0.15) is 30.4 Å². The van der Waals surface area contributed by atoms with Gasteiger partial charge in [0.15, 0.2) is 0 Å². The Hall–Kier alpha value is -1.47. The van der Waals surface area contributed by atoms with Crippen LogP contribution in [-0.4, -0.2) is 72.4 Å². The molecule has 1 saturated heterocycles. The predicted octanol–water partition coefficient (Wildman–Crippen LogP) is 0.762. The van der Waals surface area contributed by atoms with E-state index in [0.717, 1.165) is 32.4 Å². The van der Waals surface area contributed by atoms with E-state index in [1.165, 1.54) is 11.1 Å². The van der Waals surface area contributed by atoms with E-state index in [4.69, 9.17) is 10.5 Å². The minimum atomic E-state index is -0.309. The number of amides is 1. The van der Waals surface area contributed by atoms with Crippen molar-refractivity contribution < 1.29 is 14.6 Å². The van der Waals surface area contributed by atoms with Crippen molar-refractivity contribution in [2.24, 2.45) is 11.1 Å². The van der Waals surface area contributed by atoms with E-state index in [0.29, 0.717) is 39.2 Å². The number of benzene rings is 1. The Morgan fingerprint density at radius 3 is 2.67 bits per heavy atom. The van der Waals surface area contributed by atoms with Crippen LogP contribution in [0, 0.1) is 5.41 Å². The van der Waals surface area contributed by atoms with Gasteiger partial charge in [-0.2, -0.15) is 0 Å². The molecule has 148 valence electrons. The smallest absolute Gasteiger partial charge is 0.236 e. The van der Waals surface area contributed by atoms with Crippen molar-refractivity contribution in [3.8, 4) is 0 Å². The molecule has 2 aliphatic heterocycles. The van der Waals surface area contributed by atoms with Gasteiger partial charge in [0.1, 0.15) is 0 Å². The SMILES string of the molecule is NCCO[C@H]1C[C@@H](O)C12CCN(C(=O)CN1CCc3ccccc3C1)CC2. The average molecular weight is 373 g/mol. The molecule has 1 amide bonds. The van der Waals surface area contributed by atoms with Crippen LogP contribution in [0.15, 0.2) is 24.3 Å². The first-order chi connectivity index (χ1) is 13.1. The number of likely N-dealkylation sites (tertiary alicyclic amines) is 1. The van der Waals surface area contributed by atoms with Gasteiger partial charge in [-0.05, 0) is 30.4 Å². The van der Waals surface area contributed by atoms with Gasteiger partial charge in [0.25, 0.3) is 0 Å². The standard InChI is InChI=1S/C21H31N3O3/c22-8-12-27-19-13-18(25)21(19)6-10-24(11-7-21)20(26)15-23-9-5-16-3-1-2-4-17(16)14-23/h1-4,18-19,25H,5-15,22H2/t18-,19+/m1/s1. The summed E-state index contributed by atoms with van der Waals surface area (Å²) in [6, 6.07) is 8.51. The highest BCUT2D eigenvalue weighted by Crippen LogP contribution is 2.50. The molecule has 0 unspecified atom stereocenters. The van der Waals surface area contributed by atoms with Crippen LogP contribution in [-0.2, 0) is 22.5 Å². The first-order valence-electron chi connectivity index (χ1n) is 10.2. The largest absolute Gasteiger partial charge is 0.392 e. The monoisotopic (exact) mass is 373 g/mol. The normalized spacial score (nSPS) is 27.3. The molecule has 27 heavy (non-hydrogen) atoms. The Balaban J connectivity index is 1.29. The molecule has 2 heterocycles. The summed E-state index contributed by atoms with van der Waals surface area (Å²) in [4.78, 5) is 17.0. The molecule has 6 heteroatoms. The number of aliphatic hydroxyl groups is 1. The van der Waals surface area contributed by atoms with Crippen molar-refractivity contribution in [2.75, 3.05) is 39.3 Å². The van der Waals surface area contributed by atoms with Gasteiger partial charge in [-0.25, -0.2) is 0 Å². The van der Waals surface area contributed by atoms with E-state index in [1.54, 1.807) is 0 Å². The molecule has 2 fully saturated rings. The molecule has 0 bridgehead atoms. The maximum absolute atomic E-state index is 12.8. The first kappa shape index (κ1) is 18.9. The van der Waals surface area contributed by atoms with E-state index in [1.807, 2.05) is 4.90 Å². The quantitative estimate of drug-likeness (QED) is 0.797. The van der Waals surface area contributed by atoms with E-state index < -0.39 is 0 Å². The third kappa shape index (κ3) is 3.63. The zero-order valence-corrected chi connectivity index (χ0v) is 16.0. The van der Waals surface area contributed by atoms with Crippen LogP contribution in [0.3, 0.4) is 0 Å². The lowest BCUT2D eigenvalue weighted by Crippen LogP contribution is -2.63. The molecule has 1 aromatic carbocycles. The number of aliphatic hydroxyl groups excluding tert-OH is 1. The van der Waals surface area contributed by atoms with Crippen molar-refractivity contribution in [2.45, 2.75) is 44.4 Å². The second-order valence-corrected chi connectivity index (χ2v) is 8.24. The number of fused-ring (bicyclic) bond motifs is 1. The zero-order valence-electron chi connectivity index (χ0n) is 16.0. The number of carbonyl (C=O) groups is 1. The Morgan fingerprint density at radius 1 is 1.22 bits per heavy atom. The van der Waals surface area contributed by atoms with Crippen LogP contribution < -0.4 is 5.73 Å². The van der Waals surface area contributed by atoms with Crippen molar-refractivity contribution >= 4 is 5.91 Å². The van der Waals surface area contributed by atoms with Gasteiger partial charge in [-0.15, -0.1) is 0 Å². The van der Waals surface area contributed by atoms with Gasteiger partial charge in [0.2, 0.25) is 5.91 Å². The Kier molecular flexibility index (Phi) is 5.50. The van der Waals surface area contributed by atoms with Crippen LogP contribution in [0.2, 0.25) is 0 Å². The molecular weight excluding hydrogens is 342 g/mol. The second kappa shape index (κ2) is 7.87. The molecule has 6 nitrogen and oxygen atoms in total. The summed E-state index contributed by atoms with van der Waals surface area (Å²) in [6.07, 6.45) is 3.12. The lowest BCUT2D eigenvalue weighted by Gasteiger charge is -2.56. The van der Waals surface area contributed by atoms with Crippen LogP contribution >= 0.6 is 0 Å². The first-order valence-corrected chi connectivity index (χ1v) is 10.2. The summed E-state index contributed by atoms with van der Waals surface area (Å²) in [6.45, 7) is 4.74. The van der Waals surface area contributed by atoms with Crippen molar-refractivity contribution in [3.63, 3.8) is 0 Å². The fourth-order valence-corrected chi connectivity index (χ4v) is 4.98. The lowest BCUT2D eigenvalue weighted by molar-refractivity contribution is -0.210. The number of nitrogens with two attached hydrogens (primary N) is 1. The van der Waals surface area contributed by atoms with Gasteiger partial charge < -0.3 is 20.5 Å². The Labute approximate surface area is 161 Å². The van der Waals surface area contributed by atoms with E-state index >= 15 is 0 Å². The molecule has 0 aromatic heterocycles. The lowest BCUT2D eigenvalue weighted by atomic mass is 9.58. The molecule has 1 aromatic rings. The summed E-state index contributed by atoms with van der Waals surface area (Å²) in [5, 5.41) is 10.3. The highest BCUT2D eigenvalue weighted by atomic mass is 16.5. The third-order valence-electron chi connectivity index (χ3n) is 6.79. The molecule has 2 atom stereocenters. The fourth-order valence-electron chi connectivity index (χ4n) is 4.98. The van der Waals surface area contributed by atoms with E-state index in [2.05, 4.69) is 29.2 Å². The second-order valence-electron chi connectivity index (χ2n) is 8.24. The van der Waals surface area contributed by atoms with Gasteiger partial charge >= 0.3 is 0 Å². The molecule has 1 saturated carbocycles. The fraction of sp³-hybridized carbons (Fsp3) is 0.667. The van der Waals surface area contributed by atoms with Gasteiger partial charge in [-0.1, -0.05) is 24.3 Å². The highest BCUT2D eigenvalue weighted by molar-refractivity contribution is 5.78. The summed E-state index contributed by atoms with van der Waals surface area (Å²) in [7, 11) is 0. The molecule has 1 aliphatic carbocycles.